The van der Waals surface area contributed by atoms with Crippen LogP contribution >= 0.6 is 23.4 Å². The molecule has 0 saturated heterocycles. The summed E-state index contributed by atoms with van der Waals surface area (Å²) < 4.78 is 5.13. The Bertz CT molecular complexity index is 707. The van der Waals surface area contributed by atoms with Gasteiger partial charge in [-0.3, -0.25) is 4.79 Å². The summed E-state index contributed by atoms with van der Waals surface area (Å²) in [5.74, 6) is 0.310. The molecule has 0 aliphatic heterocycles. The van der Waals surface area contributed by atoms with E-state index in [4.69, 9.17) is 16.3 Å². The largest absolute Gasteiger partial charge is 0.495 e. The number of aromatic amines is 1. The number of methoxy groups -OCH3 is 1. The molecule has 0 radical (unpaired) electrons. The fourth-order valence-corrected chi connectivity index (χ4v) is 2.27. The van der Waals surface area contributed by atoms with Gasteiger partial charge in [0.15, 0.2) is 0 Å². The van der Waals surface area contributed by atoms with Crippen LogP contribution in [0.1, 0.15) is 0 Å². The zero-order valence-corrected chi connectivity index (χ0v) is 12.5. The highest BCUT2D eigenvalue weighted by atomic mass is 35.5. The third-order valence-electron chi connectivity index (χ3n) is 2.33. The summed E-state index contributed by atoms with van der Waals surface area (Å²) in [4.78, 5) is 26.5. The van der Waals surface area contributed by atoms with Crippen LogP contribution in [0.5, 0.6) is 5.75 Å². The highest BCUT2D eigenvalue weighted by molar-refractivity contribution is 7.99. The molecule has 0 spiro atoms. The number of rotatable bonds is 5. The minimum absolute atomic E-state index is 0.0772. The highest BCUT2D eigenvalue weighted by Crippen LogP contribution is 2.27. The normalized spacial score (nSPS) is 10.2. The van der Waals surface area contributed by atoms with Crippen molar-refractivity contribution in [2.75, 3.05) is 18.2 Å². The van der Waals surface area contributed by atoms with Crippen molar-refractivity contribution in [1.82, 2.24) is 15.2 Å². The van der Waals surface area contributed by atoms with E-state index >= 15 is 0 Å². The number of benzene rings is 1. The van der Waals surface area contributed by atoms with Gasteiger partial charge in [-0.05, 0) is 18.2 Å². The molecule has 2 rings (SSSR count). The Balaban J connectivity index is 1.99. The van der Waals surface area contributed by atoms with Gasteiger partial charge >= 0.3 is 5.69 Å². The molecule has 2 aromatic rings. The van der Waals surface area contributed by atoms with Crippen LogP contribution < -0.4 is 15.7 Å². The van der Waals surface area contributed by atoms with Gasteiger partial charge in [0, 0.05) is 5.02 Å². The summed E-state index contributed by atoms with van der Waals surface area (Å²) in [6.45, 7) is 0. The number of thioether (sulfide) groups is 1. The number of amides is 1. The van der Waals surface area contributed by atoms with Crippen LogP contribution in [0, 0.1) is 0 Å². The monoisotopic (exact) mass is 326 g/mol. The molecule has 7 nitrogen and oxygen atoms in total. The number of H-pyrrole nitrogens is 1. The highest BCUT2D eigenvalue weighted by Gasteiger charge is 2.09. The number of halogens is 1. The lowest BCUT2D eigenvalue weighted by atomic mass is 10.3. The Labute approximate surface area is 129 Å². The molecular weight excluding hydrogens is 316 g/mol. The molecule has 0 fully saturated rings. The Morgan fingerprint density at radius 1 is 1.52 bits per heavy atom. The Hall–Kier alpha value is -2.06. The van der Waals surface area contributed by atoms with Crippen LogP contribution in [0.15, 0.2) is 34.2 Å². The number of aromatic nitrogens is 3. The van der Waals surface area contributed by atoms with Crippen LogP contribution in [-0.2, 0) is 4.79 Å². The van der Waals surface area contributed by atoms with E-state index in [-0.39, 0.29) is 11.7 Å². The molecule has 0 aliphatic rings. The summed E-state index contributed by atoms with van der Waals surface area (Å²) in [6, 6.07) is 4.92. The lowest BCUT2D eigenvalue weighted by Gasteiger charge is -2.10. The number of ether oxygens (including phenoxy) is 1. The van der Waals surface area contributed by atoms with Crippen molar-refractivity contribution in [3.8, 4) is 5.75 Å². The number of hydrogen-bond donors (Lipinski definition) is 2. The van der Waals surface area contributed by atoms with Crippen molar-refractivity contribution in [3.05, 3.63) is 39.9 Å². The maximum atomic E-state index is 11.9. The predicted octanol–water partition coefficient (Wildman–Crippen LogP) is 1.56. The molecule has 0 saturated carbocycles. The van der Waals surface area contributed by atoms with Gasteiger partial charge in [-0.25, -0.2) is 9.89 Å². The third kappa shape index (κ3) is 4.47. The van der Waals surface area contributed by atoms with Gasteiger partial charge in [0.1, 0.15) is 10.8 Å². The van der Waals surface area contributed by atoms with E-state index in [1.54, 1.807) is 18.2 Å². The van der Waals surface area contributed by atoms with Crippen LogP contribution in [-0.4, -0.2) is 34.0 Å². The summed E-state index contributed by atoms with van der Waals surface area (Å²) in [5, 5.41) is 9.29. The molecule has 110 valence electrons. The minimum atomic E-state index is -0.558. The smallest absolute Gasteiger partial charge is 0.362 e. The fraction of sp³-hybridized carbons (Fsp3) is 0.167. The number of carbonyl (C=O) groups excluding carboxylic acids is 1. The second-order valence-electron chi connectivity index (χ2n) is 3.81. The molecular formula is C12H11ClN4O3S. The topological polar surface area (TPSA) is 97.0 Å². The molecule has 0 atom stereocenters. The van der Waals surface area contributed by atoms with Crippen molar-refractivity contribution < 1.29 is 9.53 Å². The first-order valence-electron chi connectivity index (χ1n) is 5.76. The molecule has 1 aromatic heterocycles. The fourth-order valence-electron chi connectivity index (χ4n) is 1.47. The first-order valence-corrected chi connectivity index (χ1v) is 7.13. The second kappa shape index (κ2) is 7.09. The zero-order valence-electron chi connectivity index (χ0n) is 10.9. The van der Waals surface area contributed by atoms with E-state index in [1.165, 1.54) is 13.3 Å². The van der Waals surface area contributed by atoms with Crippen molar-refractivity contribution in [1.29, 1.82) is 0 Å². The minimum Gasteiger partial charge on any atom is -0.495 e. The van der Waals surface area contributed by atoms with Gasteiger partial charge in [-0.15, -0.1) is 0 Å². The van der Waals surface area contributed by atoms with Gasteiger partial charge in [-0.1, -0.05) is 23.4 Å². The maximum absolute atomic E-state index is 11.9. The Morgan fingerprint density at radius 2 is 2.33 bits per heavy atom. The van der Waals surface area contributed by atoms with Crippen LogP contribution in [0.3, 0.4) is 0 Å². The predicted molar refractivity (Wildman–Crippen MR) is 80.0 cm³/mol. The molecule has 1 heterocycles. The molecule has 1 amide bonds. The van der Waals surface area contributed by atoms with Crippen molar-refractivity contribution >= 4 is 35.0 Å². The molecule has 21 heavy (non-hydrogen) atoms. The summed E-state index contributed by atoms with van der Waals surface area (Å²) >= 11 is 6.98. The van der Waals surface area contributed by atoms with Crippen molar-refractivity contribution in [2.45, 2.75) is 5.03 Å². The van der Waals surface area contributed by atoms with Crippen LogP contribution in [0.25, 0.3) is 0 Å². The number of anilines is 1. The number of nitrogens with zero attached hydrogens (tertiary/aromatic N) is 2. The Morgan fingerprint density at radius 3 is 3.05 bits per heavy atom. The van der Waals surface area contributed by atoms with E-state index in [9.17, 15) is 9.59 Å². The SMILES string of the molecule is COc1ccc(Cl)cc1NC(=O)CSc1cn[nH]c(=O)n1. The molecule has 0 unspecified atom stereocenters. The van der Waals surface area contributed by atoms with Gasteiger partial charge in [0.25, 0.3) is 0 Å². The van der Waals surface area contributed by atoms with E-state index < -0.39 is 5.69 Å². The standard InChI is InChI=1S/C12H11ClN4O3S/c1-20-9-3-2-7(13)4-8(9)15-10(18)6-21-11-5-14-17-12(19)16-11/h2-5H,6H2,1H3,(H,15,18)(H,16,17,19). The van der Waals surface area contributed by atoms with Gasteiger partial charge in [-0.2, -0.15) is 10.1 Å². The second-order valence-corrected chi connectivity index (χ2v) is 5.24. The molecule has 9 heteroatoms. The number of carbonyl (C=O) groups is 1. The van der Waals surface area contributed by atoms with Crippen LogP contribution in [0.2, 0.25) is 5.02 Å². The van der Waals surface area contributed by atoms with Gasteiger partial charge in [0.2, 0.25) is 5.91 Å². The van der Waals surface area contributed by atoms with Gasteiger partial charge in [0.05, 0.1) is 24.7 Å². The van der Waals surface area contributed by atoms with E-state index in [2.05, 4.69) is 20.5 Å². The van der Waals surface area contributed by atoms with Crippen molar-refractivity contribution in [2.24, 2.45) is 0 Å². The quantitative estimate of drug-likeness (QED) is 0.809. The van der Waals surface area contributed by atoms with Crippen molar-refractivity contribution in [3.63, 3.8) is 0 Å². The van der Waals surface area contributed by atoms with E-state index in [0.29, 0.717) is 21.5 Å². The zero-order chi connectivity index (χ0) is 15.2. The lowest BCUT2D eigenvalue weighted by molar-refractivity contribution is -0.113. The van der Waals surface area contributed by atoms with E-state index in [1.807, 2.05) is 0 Å². The molecule has 0 bridgehead atoms. The first kappa shape index (κ1) is 15.3. The third-order valence-corrected chi connectivity index (χ3v) is 3.47. The number of hydrogen-bond acceptors (Lipinski definition) is 6. The Kier molecular flexibility index (Phi) is 5.18. The average Bonchev–Trinajstić information content (AvgIpc) is 2.45. The molecule has 2 N–H and O–H groups in total. The first-order chi connectivity index (χ1) is 10.1. The van der Waals surface area contributed by atoms with Crippen LogP contribution in [0.4, 0.5) is 5.69 Å². The summed E-state index contributed by atoms with van der Waals surface area (Å²) in [6.07, 6.45) is 1.37. The summed E-state index contributed by atoms with van der Waals surface area (Å²) in [7, 11) is 1.50. The molecule has 1 aromatic carbocycles. The average molecular weight is 327 g/mol. The maximum Gasteiger partial charge on any atom is 0.362 e. The molecule has 0 aliphatic carbocycles. The van der Waals surface area contributed by atoms with E-state index in [0.717, 1.165) is 11.8 Å². The van der Waals surface area contributed by atoms with Gasteiger partial charge < -0.3 is 10.1 Å². The summed E-state index contributed by atoms with van der Waals surface area (Å²) in [5.41, 5.74) is -0.0792. The lowest BCUT2D eigenvalue weighted by Crippen LogP contribution is -2.16. The number of nitrogens with one attached hydrogen (secondary N) is 2.